The Morgan fingerprint density at radius 1 is 0.969 bits per heavy atom. The average Bonchev–Trinajstić information content (AvgIpc) is 2.68. The van der Waals surface area contributed by atoms with E-state index in [0.717, 1.165) is 5.56 Å². The van der Waals surface area contributed by atoms with Crippen LogP contribution in [0.3, 0.4) is 0 Å². The van der Waals surface area contributed by atoms with Crippen LogP contribution >= 0.6 is 0 Å². The molecule has 0 spiro atoms. The molecule has 1 rings (SSSR count). The number of carboxylic acid groups (broad SMARTS) is 1. The summed E-state index contributed by atoms with van der Waals surface area (Å²) in [7, 11) is 0. The summed E-state index contributed by atoms with van der Waals surface area (Å²) in [6.07, 6.45) is -2.44. The highest BCUT2D eigenvalue weighted by atomic mass is 16.6. The molecule has 0 aliphatic heterocycles. The van der Waals surface area contributed by atoms with Crippen molar-refractivity contribution in [3.8, 4) is 0 Å². The molecule has 4 unspecified atom stereocenters. The quantitative estimate of drug-likeness (QED) is 0.333. The lowest BCUT2D eigenvalue weighted by Crippen LogP contribution is -2.28. The Morgan fingerprint density at radius 2 is 1.62 bits per heavy atom. The normalized spacial score (nSPS) is 14.8. The van der Waals surface area contributed by atoms with Crippen LogP contribution in [-0.4, -0.2) is 73.2 Å². The highest BCUT2D eigenvalue weighted by Gasteiger charge is 2.14. The number of aryl methyl sites for hydroxylation is 1. The molecule has 2 amide bonds. The van der Waals surface area contributed by atoms with Gasteiger partial charge >= 0.3 is 12.2 Å². The third-order valence-electron chi connectivity index (χ3n) is 4.29. The van der Waals surface area contributed by atoms with Gasteiger partial charge in [-0.3, -0.25) is 10.6 Å². The number of hydrogen-bond donors (Lipinski definition) is 4. The van der Waals surface area contributed by atoms with Crippen molar-refractivity contribution in [2.75, 3.05) is 37.1 Å². The molecule has 182 valence electrons. The molecular formula is C22H36N2O8. The minimum Gasteiger partial charge on any atom is -0.465 e. The third kappa shape index (κ3) is 12.5. The first kappa shape index (κ1) is 27.6. The van der Waals surface area contributed by atoms with E-state index >= 15 is 0 Å². The summed E-state index contributed by atoms with van der Waals surface area (Å²) in [6.45, 7) is 10.4. The standard InChI is InChI=1S/C22H36N2O8/c1-14-6-7-19(23-21(26)27)10-20(14)24-22(28)32-18(5)13-31-17(4)12-29-11-16(3)30-9-8-15(2)25/h6-7,10,15-18,23,25H,8-9,11-13H2,1-5H3,(H,24,28)(H,26,27). The van der Waals surface area contributed by atoms with E-state index in [9.17, 15) is 14.7 Å². The molecule has 0 heterocycles. The van der Waals surface area contributed by atoms with Crippen LogP contribution in [0.5, 0.6) is 0 Å². The van der Waals surface area contributed by atoms with E-state index in [2.05, 4.69) is 10.6 Å². The van der Waals surface area contributed by atoms with Gasteiger partial charge in [-0.15, -0.1) is 0 Å². The second kappa shape index (κ2) is 14.6. The van der Waals surface area contributed by atoms with Crippen molar-refractivity contribution >= 4 is 23.6 Å². The molecule has 0 saturated heterocycles. The Balaban J connectivity index is 2.29. The summed E-state index contributed by atoms with van der Waals surface area (Å²) < 4.78 is 22.1. The summed E-state index contributed by atoms with van der Waals surface area (Å²) in [4.78, 5) is 22.9. The fraction of sp³-hybridized carbons (Fsp3) is 0.636. The molecule has 0 aromatic heterocycles. The maximum Gasteiger partial charge on any atom is 0.411 e. The van der Waals surface area contributed by atoms with Gasteiger partial charge in [-0.05, 0) is 58.7 Å². The molecule has 1 aromatic rings. The van der Waals surface area contributed by atoms with Crippen molar-refractivity contribution in [1.29, 1.82) is 0 Å². The summed E-state index contributed by atoms with van der Waals surface area (Å²) in [5.41, 5.74) is 1.55. The van der Waals surface area contributed by atoms with Gasteiger partial charge in [0, 0.05) is 18.0 Å². The predicted molar refractivity (Wildman–Crippen MR) is 120 cm³/mol. The summed E-state index contributed by atoms with van der Waals surface area (Å²) in [5, 5.41) is 22.9. The average molecular weight is 457 g/mol. The fourth-order valence-corrected chi connectivity index (χ4v) is 2.55. The van der Waals surface area contributed by atoms with Gasteiger partial charge in [-0.2, -0.15) is 0 Å². The number of anilines is 2. The SMILES string of the molecule is Cc1ccc(NC(=O)O)cc1NC(=O)OC(C)COC(C)COCC(C)OCCC(C)O. The third-order valence-corrected chi connectivity index (χ3v) is 4.29. The molecule has 0 radical (unpaired) electrons. The van der Waals surface area contributed by atoms with Crippen LogP contribution in [0.1, 0.15) is 39.7 Å². The van der Waals surface area contributed by atoms with E-state index in [1.807, 2.05) is 13.8 Å². The smallest absolute Gasteiger partial charge is 0.411 e. The lowest BCUT2D eigenvalue weighted by molar-refractivity contribution is -0.0633. The number of rotatable bonds is 14. The number of aliphatic hydroxyl groups is 1. The first-order chi connectivity index (χ1) is 15.1. The minimum absolute atomic E-state index is 0.0837. The number of ether oxygens (including phenoxy) is 4. The first-order valence-electron chi connectivity index (χ1n) is 10.6. The Hall–Kier alpha value is -2.40. The Morgan fingerprint density at radius 3 is 2.25 bits per heavy atom. The molecule has 4 N–H and O–H groups in total. The van der Waals surface area contributed by atoms with Gasteiger partial charge in [0.2, 0.25) is 0 Å². The van der Waals surface area contributed by atoms with Crippen LogP contribution in [0.2, 0.25) is 0 Å². The molecule has 4 atom stereocenters. The fourth-order valence-electron chi connectivity index (χ4n) is 2.55. The highest BCUT2D eigenvalue weighted by molar-refractivity contribution is 5.89. The van der Waals surface area contributed by atoms with E-state index in [1.54, 1.807) is 32.9 Å². The molecule has 0 fully saturated rings. The van der Waals surface area contributed by atoms with Crippen LogP contribution in [-0.2, 0) is 18.9 Å². The van der Waals surface area contributed by atoms with E-state index in [4.69, 9.17) is 24.1 Å². The van der Waals surface area contributed by atoms with Gasteiger partial charge in [-0.25, -0.2) is 9.59 Å². The van der Waals surface area contributed by atoms with Gasteiger partial charge < -0.3 is 29.2 Å². The zero-order valence-electron chi connectivity index (χ0n) is 19.4. The monoisotopic (exact) mass is 456 g/mol. The van der Waals surface area contributed by atoms with Crippen LogP contribution in [0, 0.1) is 6.92 Å². The molecule has 0 aliphatic rings. The van der Waals surface area contributed by atoms with Crippen LogP contribution in [0.15, 0.2) is 18.2 Å². The first-order valence-corrected chi connectivity index (χ1v) is 10.6. The number of benzene rings is 1. The van der Waals surface area contributed by atoms with Crippen LogP contribution < -0.4 is 10.6 Å². The number of nitrogens with one attached hydrogen (secondary N) is 2. The lowest BCUT2D eigenvalue weighted by atomic mass is 10.2. The molecule has 10 nitrogen and oxygen atoms in total. The van der Waals surface area contributed by atoms with Crippen molar-refractivity contribution in [2.24, 2.45) is 0 Å². The largest absolute Gasteiger partial charge is 0.465 e. The second-order valence-electron chi connectivity index (χ2n) is 7.80. The van der Waals surface area contributed by atoms with Crippen molar-refractivity contribution < 1.29 is 38.7 Å². The van der Waals surface area contributed by atoms with E-state index < -0.39 is 18.3 Å². The molecule has 0 aliphatic carbocycles. The number of carbonyl (C=O) groups is 2. The predicted octanol–water partition coefficient (Wildman–Crippen LogP) is 3.62. The van der Waals surface area contributed by atoms with E-state index in [0.29, 0.717) is 37.6 Å². The molecular weight excluding hydrogens is 420 g/mol. The van der Waals surface area contributed by atoms with Gasteiger partial charge in [0.15, 0.2) is 0 Å². The second-order valence-corrected chi connectivity index (χ2v) is 7.80. The highest BCUT2D eigenvalue weighted by Crippen LogP contribution is 2.20. The van der Waals surface area contributed by atoms with E-state index in [-0.39, 0.29) is 24.9 Å². The number of amides is 2. The Labute approximate surface area is 189 Å². The molecule has 10 heteroatoms. The summed E-state index contributed by atoms with van der Waals surface area (Å²) >= 11 is 0. The number of carbonyl (C=O) groups excluding carboxylic acids is 1. The van der Waals surface area contributed by atoms with Crippen molar-refractivity contribution in [1.82, 2.24) is 0 Å². The number of hydrogen-bond acceptors (Lipinski definition) is 7. The summed E-state index contributed by atoms with van der Waals surface area (Å²) in [5.74, 6) is 0. The maximum absolute atomic E-state index is 12.1. The van der Waals surface area contributed by atoms with Gasteiger partial charge in [0.1, 0.15) is 6.10 Å². The Kier molecular flexibility index (Phi) is 12.6. The van der Waals surface area contributed by atoms with Crippen LogP contribution in [0.25, 0.3) is 0 Å². The zero-order chi connectivity index (χ0) is 24.1. The molecule has 32 heavy (non-hydrogen) atoms. The van der Waals surface area contributed by atoms with Crippen LogP contribution in [0.4, 0.5) is 21.0 Å². The van der Waals surface area contributed by atoms with Gasteiger partial charge in [0.25, 0.3) is 0 Å². The van der Waals surface area contributed by atoms with E-state index in [1.165, 1.54) is 6.07 Å². The van der Waals surface area contributed by atoms with Crippen molar-refractivity contribution in [2.45, 2.75) is 65.5 Å². The van der Waals surface area contributed by atoms with Gasteiger partial charge in [-0.1, -0.05) is 6.07 Å². The number of aliphatic hydroxyl groups excluding tert-OH is 1. The maximum atomic E-state index is 12.1. The molecule has 1 aromatic carbocycles. The lowest BCUT2D eigenvalue weighted by Gasteiger charge is -2.19. The van der Waals surface area contributed by atoms with Crippen molar-refractivity contribution in [3.05, 3.63) is 23.8 Å². The Bertz CT molecular complexity index is 713. The molecule has 0 saturated carbocycles. The summed E-state index contributed by atoms with van der Waals surface area (Å²) in [6, 6.07) is 4.80. The van der Waals surface area contributed by atoms with Crippen molar-refractivity contribution in [3.63, 3.8) is 0 Å². The van der Waals surface area contributed by atoms with Gasteiger partial charge in [0.05, 0.1) is 38.1 Å². The zero-order valence-corrected chi connectivity index (χ0v) is 19.4. The molecule has 0 bridgehead atoms. The topological polar surface area (TPSA) is 136 Å². The minimum atomic E-state index is -1.19.